The number of aromatic amines is 1. The van der Waals surface area contributed by atoms with E-state index in [1.807, 2.05) is 42.5 Å². The zero-order valence-electron chi connectivity index (χ0n) is 17.4. The lowest BCUT2D eigenvalue weighted by Crippen LogP contribution is -2.43. The van der Waals surface area contributed by atoms with Gasteiger partial charge in [0.15, 0.2) is 0 Å². The van der Waals surface area contributed by atoms with Gasteiger partial charge in [0.25, 0.3) is 0 Å². The Kier molecular flexibility index (Phi) is 5.01. The van der Waals surface area contributed by atoms with Crippen molar-refractivity contribution in [3.05, 3.63) is 95.2 Å². The minimum absolute atomic E-state index is 0.193. The van der Waals surface area contributed by atoms with E-state index >= 15 is 0 Å². The van der Waals surface area contributed by atoms with Crippen LogP contribution in [0.2, 0.25) is 0 Å². The summed E-state index contributed by atoms with van der Waals surface area (Å²) in [5.41, 5.74) is 3.70. The molecule has 1 aromatic heterocycles. The Morgan fingerprint density at radius 1 is 1.09 bits per heavy atom. The number of hydrogen-bond acceptors (Lipinski definition) is 2. The Hall–Kier alpha value is -3.87. The van der Waals surface area contributed by atoms with Gasteiger partial charge < -0.3 is 19.9 Å². The molecule has 0 radical (unpaired) electrons. The van der Waals surface area contributed by atoms with E-state index in [2.05, 4.69) is 16.4 Å². The lowest BCUT2D eigenvalue weighted by molar-refractivity contribution is 0.193. The van der Waals surface area contributed by atoms with Gasteiger partial charge in [-0.3, -0.25) is 0 Å². The lowest BCUT2D eigenvalue weighted by Gasteiger charge is -2.36. The number of urea groups is 1. The van der Waals surface area contributed by atoms with Crippen LogP contribution in [0, 0.1) is 11.6 Å². The quantitative estimate of drug-likeness (QED) is 0.440. The highest BCUT2D eigenvalue weighted by atomic mass is 19.1. The predicted molar refractivity (Wildman–Crippen MR) is 119 cm³/mol. The summed E-state index contributed by atoms with van der Waals surface area (Å²) in [4.78, 5) is 18.4. The van der Waals surface area contributed by atoms with E-state index in [0.717, 1.165) is 45.9 Å². The van der Waals surface area contributed by atoms with Crippen LogP contribution in [0.3, 0.4) is 0 Å². The minimum atomic E-state index is -0.694. The first kappa shape index (κ1) is 20.1. The molecule has 0 fully saturated rings. The summed E-state index contributed by atoms with van der Waals surface area (Å²) < 4.78 is 33.2. The summed E-state index contributed by atoms with van der Waals surface area (Å²) in [6, 6.07) is 17.6. The summed E-state index contributed by atoms with van der Waals surface area (Å²) in [6.07, 6.45) is 0.638. The molecule has 1 atom stereocenters. The van der Waals surface area contributed by atoms with Crippen LogP contribution in [0.15, 0.2) is 66.7 Å². The fourth-order valence-electron chi connectivity index (χ4n) is 4.40. The Labute approximate surface area is 183 Å². The van der Waals surface area contributed by atoms with Crippen molar-refractivity contribution < 1.29 is 18.3 Å². The Morgan fingerprint density at radius 2 is 1.94 bits per heavy atom. The largest absolute Gasteiger partial charge is 0.497 e. The molecule has 162 valence electrons. The number of ether oxygens (including phenoxy) is 1. The molecule has 2 N–H and O–H groups in total. The number of aromatic nitrogens is 1. The standard InChI is InChI=1S/C25H21F2N3O2/c1-32-17-6-4-5-15(13-17)24-23-19(18-7-2-3-8-21(18)28-23)11-12-30(24)25(31)29-22-14-16(26)9-10-20(22)27/h2-10,13-14,24,28H,11-12H2,1H3,(H,29,31)/t24-/m1/s1. The van der Waals surface area contributed by atoms with Gasteiger partial charge in [-0.15, -0.1) is 0 Å². The normalized spacial score (nSPS) is 15.5. The average molecular weight is 433 g/mol. The number of nitrogens with zero attached hydrogens (tertiary/aromatic N) is 1. The number of rotatable bonds is 3. The van der Waals surface area contributed by atoms with E-state index in [4.69, 9.17) is 4.74 Å². The van der Waals surface area contributed by atoms with Crippen LogP contribution >= 0.6 is 0 Å². The summed E-state index contributed by atoms with van der Waals surface area (Å²) in [5, 5.41) is 3.66. The highest BCUT2D eigenvalue weighted by Gasteiger charge is 2.35. The molecule has 4 aromatic rings. The Balaban J connectivity index is 1.59. The van der Waals surface area contributed by atoms with Gasteiger partial charge in [0.2, 0.25) is 0 Å². The highest BCUT2D eigenvalue weighted by molar-refractivity contribution is 5.91. The zero-order chi connectivity index (χ0) is 22.2. The summed E-state index contributed by atoms with van der Waals surface area (Å²) in [7, 11) is 1.59. The van der Waals surface area contributed by atoms with Crippen LogP contribution in [0.5, 0.6) is 5.75 Å². The second-order valence-electron chi connectivity index (χ2n) is 7.74. The van der Waals surface area contributed by atoms with Gasteiger partial charge in [0, 0.05) is 29.2 Å². The van der Waals surface area contributed by atoms with Crippen molar-refractivity contribution in [2.24, 2.45) is 0 Å². The number of nitrogens with one attached hydrogen (secondary N) is 2. The number of carbonyl (C=O) groups is 1. The number of hydrogen-bond donors (Lipinski definition) is 2. The van der Waals surface area contributed by atoms with Crippen molar-refractivity contribution in [1.29, 1.82) is 0 Å². The van der Waals surface area contributed by atoms with Gasteiger partial charge in [-0.25, -0.2) is 13.6 Å². The Bertz CT molecular complexity index is 1320. The molecular formula is C25H21F2N3O2. The molecule has 5 nitrogen and oxygen atoms in total. The van der Waals surface area contributed by atoms with Crippen LogP contribution in [-0.2, 0) is 6.42 Å². The van der Waals surface area contributed by atoms with E-state index in [-0.39, 0.29) is 5.69 Å². The van der Waals surface area contributed by atoms with Crippen LogP contribution in [0.1, 0.15) is 22.9 Å². The molecule has 0 aliphatic carbocycles. The second kappa shape index (κ2) is 8.00. The maximum atomic E-state index is 14.2. The van der Waals surface area contributed by atoms with E-state index in [1.165, 1.54) is 0 Å². The third-order valence-electron chi connectivity index (χ3n) is 5.87. The number of fused-ring (bicyclic) bond motifs is 3. The predicted octanol–water partition coefficient (Wildman–Crippen LogP) is 5.63. The maximum absolute atomic E-state index is 14.2. The van der Waals surface area contributed by atoms with Crippen molar-refractivity contribution in [2.45, 2.75) is 12.5 Å². The number of H-pyrrole nitrogens is 1. The minimum Gasteiger partial charge on any atom is -0.497 e. The van der Waals surface area contributed by atoms with E-state index in [1.54, 1.807) is 12.0 Å². The van der Waals surface area contributed by atoms with Crippen LogP contribution in [0.4, 0.5) is 19.3 Å². The van der Waals surface area contributed by atoms with E-state index in [0.29, 0.717) is 18.7 Å². The van der Waals surface area contributed by atoms with Crippen molar-refractivity contribution >= 4 is 22.6 Å². The summed E-state index contributed by atoms with van der Waals surface area (Å²) in [6.45, 7) is 0.416. The topological polar surface area (TPSA) is 57.4 Å². The molecule has 32 heavy (non-hydrogen) atoms. The summed E-state index contributed by atoms with van der Waals surface area (Å²) in [5.74, 6) is -0.647. The molecule has 1 aliphatic heterocycles. The molecule has 2 heterocycles. The number of carbonyl (C=O) groups excluding carboxylic acids is 1. The molecule has 2 amide bonds. The van der Waals surface area contributed by atoms with Crippen molar-refractivity contribution in [2.75, 3.05) is 19.0 Å². The highest BCUT2D eigenvalue weighted by Crippen LogP contribution is 2.39. The first-order valence-electron chi connectivity index (χ1n) is 10.3. The number of para-hydroxylation sites is 1. The fourth-order valence-corrected chi connectivity index (χ4v) is 4.40. The second-order valence-corrected chi connectivity index (χ2v) is 7.74. The number of methoxy groups -OCH3 is 1. The first-order chi connectivity index (χ1) is 15.5. The Morgan fingerprint density at radius 3 is 2.78 bits per heavy atom. The SMILES string of the molecule is COc1cccc([C@@H]2c3[nH]c4ccccc4c3CCN2C(=O)Nc2cc(F)ccc2F)c1. The van der Waals surface area contributed by atoms with Crippen LogP contribution < -0.4 is 10.1 Å². The molecule has 0 saturated carbocycles. The molecule has 0 unspecified atom stereocenters. The average Bonchev–Trinajstić information content (AvgIpc) is 3.19. The maximum Gasteiger partial charge on any atom is 0.322 e. The van der Waals surface area contributed by atoms with Crippen molar-refractivity contribution in [1.82, 2.24) is 9.88 Å². The molecule has 5 rings (SSSR count). The van der Waals surface area contributed by atoms with E-state index in [9.17, 15) is 13.6 Å². The molecule has 3 aromatic carbocycles. The van der Waals surface area contributed by atoms with Crippen LogP contribution in [-0.4, -0.2) is 29.6 Å². The molecule has 7 heteroatoms. The van der Waals surface area contributed by atoms with Gasteiger partial charge in [0.1, 0.15) is 17.4 Å². The van der Waals surface area contributed by atoms with Gasteiger partial charge in [-0.2, -0.15) is 0 Å². The number of halogens is 2. The van der Waals surface area contributed by atoms with Gasteiger partial charge in [0.05, 0.1) is 18.8 Å². The molecule has 1 aliphatic rings. The lowest BCUT2D eigenvalue weighted by atomic mass is 9.92. The monoisotopic (exact) mass is 433 g/mol. The van der Waals surface area contributed by atoms with Gasteiger partial charge in [-0.05, 0) is 47.9 Å². The zero-order valence-corrected chi connectivity index (χ0v) is 17.4. The number of amides is 2. The molecule has 0 saturated heterocycles. The number of anilines is 1. The molecule has 0 spiro atoms. The van der Waals surface area contributed by atoms with Crippen molar-refractivity contribution in [3.63, 3.8) is 0 Å². The van der Waals surface area contributed by atoms with E-state index < -0.39 is 23.7 Å². The third-order valence-corrected chi connectivity index (χ3v) is 5.87. The number of benzene rings is 3. The summed E-state index contributed by atoms with van der Waals surface area (Å²) >= 11 is 0. The van der Waals surface area contributed by atoms with Crippen molar-refractivity contribution in [3.8, 4) is 5.75 Å². The fraction of sp³-hybridized carbons (Fsp3) is 0.160. The van der Waals surface area contributed by atoms with Gasteiger partial charge >= 0.3 is 6.03 Å². The van der Waals surface area contributed by atoms with Gasteiger partial charge in [-0.1, -0.05) is 30.3 Å². The third kappa shape index (κ3) is 3.45. The van der Waals surface area contributed by atoms with Crippen LogP contribution in [0.25, 0.3) is 10.9 Å². The first-order valence-corrected chi connectivity index (χ1v) is 10.3. The smallest absolute Gasteiger partial charge is 0.322 e. The molecule has 0 bridgehead atoms. The molecular weight excluding hydrogens is 412 g/mol.